The standard InChI is InChI=1S/C11H19NO3/c1-8(13)9-6-5-7-12(9)15-10(14)11(2,3)4/h9H,5-7H2,1-4H3. The van der Waals surface area contributed by atoms with E-state index in [0.717, 1.165) is 12.8 Å². The Morgan fingerprint density at radius 3 is 2.40 bits per heavy atom. The molecule has 0 radical (unpaired) electrons. The number of hydrogen-bond donors (Lipinski definition) is 0. The average molecular weight is 213 g/mol. The third-order valence-electron chi connectivity index (χ3n) is 2.49. The zero-order chi connectivity index (χ0) is 11.6. The molecule has 1 fully saturated rings. The number of carbonyl (C=O) groups excluding carboxylic acids is 2. The number of hydrogen-bond acceptors (Lipinski definition) is 4. The molecule has 1 atom stereocenters. The number of ketones is 1. The van der Waals surface area contributed by atoms with Crippen LogP contribution in [0.3, 0.4) is 0 Å². The summed E-state index contributed by atoms with van der Waals surface area (Å²) < 4.78 is 0. The van der Waals surface area contributed by atoms with Crippen LogP contribution in [0.4, 0.5) is 0 Å². The molecule has 1 heterocycles. The van der Waals surface area contributed by atoms with Crippen molar-refractivity contribution in [2.24, 2.45) is 5.41 Å². The molecule has 1 aliphatic rings. The van der Waals surface area contributed by atoms with Gasteiger partial charge in [-0.1, -0.05) is 0 Å². The van der Waals surface area contributed by atoms with Crippen molar-refractivity contribution in [3.63, 3.8) is 0 Å². The molecule has 0 bridgehead atoms. The van der Waals surface area contributed by atoms with E-state index >= 15 is 0 Å². The van der Waals surface area contributed by atoms with E-state index in [1.165, 1.54) is 12.0 Å². The predicted octanol–water partition coefficient (Wildman–Crippen LogP) is 1.54. The van der Waals surface area contributed by atoms with E-state index in [1.807, 2.05) is 0 Å². The van der Waals surface area contributed by atoms with Gasteiger partial charge in [-0.2, -0.15) is 0 Å². The first-order chi connectivity index (χ1) is 6.82. The molecule has 1 unspecified atom stereocenters. The first kappa shape index (κ1) is 12.2. The first-order valence-electron chi connectivity index (χ1n) is 5.32. The van der Waals surface area contributed by atoms with Crippen LogP contribution in [0.25, 0.3) is 0 Å². The topological polar surface area (TPSA) is 46.6 Å². The van der Waals surface area contributed by atoms with Crippen molar-refractivity contribution in [2.45, 2.75) is 46.6 Å². The van der Waals surface area contributed by atoms with Gasteiger partial charge in [0.1, 0.15) is 11.8 Å². The van der Waals surface area contributed by atoms with E-state index < -0.39 is 5.41 Å². The molecule has 86 valence electrons. The SMILES string of the molecule is CC(=O)C1CCCN1OC(=O)C(C)(C)C. The van der Waals surface area contributed by atoms with Crippen LogP contribution in [-0.2, 0) is 14.4 Å². The second-order valence-electron chi connectivity index (χ2n) is 5.04. The zero-order valence-electron chi connectivity index (χ0n) is 9.87. The summed E-state index contributed by atoms with van der Waals surface area (Å²) in [7, 11) is 0. The van der Waals surface area contributed by atoms with Gasteiger partial charge in [0.25, 0.3) is 0 Å². The maximum absolute atomic E-state index is 11.6. The highest BCUT2D eigenvalue weighted by Gasteiger charge is 2.34. The summed E-state index contributed by atoms with van der Waals surface area (Å²) in [4.78, 5) is 28.1. The monoisotopic (exact) mass is 213 g/mol. The molecule has 0 spiro atoms. The maximum atomic E-state index is 11.6. The van der Waals surface area contributed by atoms with Gasteiger partial charge < -0.3 is 4.84 Å². The minimum atomic E-state index is -0.524. The van der Waals surface area contributed by atoms with E-state index in [9.17, 15) is 9.59 Å². The van der Waals surface area contributed by atoms with E-state index in [2.05, 4.69) is 0 Å². The molecule has 1 saturated heterocycles. The summed E-state index contributed by atoms with van der Waals surface area (Å²) in [5, 5.41) is 1.52. The Kier molecular flexibility index (Phi) is 3.50. The van der Waals surface area contributed by atoms with Gasteiger partial charge in [0.2, 0.25) is 0 Å². The highest BCUT2D eigenvalue weighted by molar-refractivity contribution is 5.82. The normalized spacial score (nSPS) is 22.8. The van der Waals surface area contributed by atoms with Crippen LogP contribution >= 0.6 is 0 Å². The van der Waals surface area contributed by atoms with Crippen LogP contribution in [0.5, 0.6) is 0 Å². The third-order valence-corrected chi connectivity index (χ3v) is 2.49. The molecular formula is C11H19NO3. The molecule has 4 nitrogen and oxygen atoms in total. The fourth-order valence-corrected chi connectivity index (χ4v) is 1.50. The lowest BCUT2D eigenvalue weighted by Gasteiger charge is -2.25. The molecule has 0 aliphatic carbocycles. The molecule has 1 aliphatic heterocycles. The second kappa shape index (κ2) is 4.31. The Hall–Kier alpha value is -0.900. The average Bonchev–Trinajstić information content (AvgIpc) is 2.50. The molecule has 0 aromatic carbocycles. The van der Waals surface area contributed by atoms with Crippen molar-refractivity contribution >= 4 is 11.8 Å². The van der Waals surface area contributed by atoms with Crippen molar-refractivity contribution in [1.29, 1.82) is 0 Å². The predicted molar refractivity (Wildman–Crippen MR) is 56.0 cm³/mol. The van der Waals surface area contributed by atoms with E-state index in [1.54, 1.807) is 20.8 Å². The largest absolute Gasteiger partial charge is 0.367 e. The van der Waals surface area contributed by atoms with Crippen molar-refractivity contribution < 1.29 is 14.4 Å². The van der Waals surface area contributed by atoms with E-state index in [4.69, 9.17) is 4.84 Å². The zero-order valence-corrected chi connectivity index (χ0v) is 9.87. The highest BCUT2D eigenvalue weighted by Crippen LogP contribution is 2.22. The summed E-state index contributed by atoms with van der Waals surface area (Å²) in [6.45, 7) is 7.59. The van der Waals surface area contributed by atoms with Gasteiger partial charge in [-0.15, -0.1) is 5.06 Å². The molecule has 1 rings (SSSR count). The maximum Gasteiger partial charge on any atom is 0.330 e. The Morgan fingerprint density at radius 1 is 1.33 bits per heavy atom. The van der Waals surface area contributed by atoms with Crippen LogP contribution in [-0.4, -0.2) is 29.4 Å². The van der Waals surface area contributed by atoms with Crippen LogP contribution in [0.2, 0.25) is 0 Å². The fourth-order valence-electron chi connectivity index (χ4n) is 1.50. The number of Topliss-reactive ketones (excluding diaryl/α,β-unsaturated/α-hetero) is 1. The second-order valence-corrected chi connectivity index (χ2v) is 5.04. The smallest absolute Gasteiger partial charge is 0.330 e. The summed E-state index contributed by atoms with van der Waals surface area (Å²) in [6.07, 6.45) is 1.69. The van der Waals surface area contributed by atoms with Gasteiger partial charge >= 0.3 is 5.97 Å². The molecule has 15 heavy (non-hydrogen) atoms. The molecule has 0 N–H and O–H groups in total. The minimum absolute atomic E-state index is 0.0641. The Morgan fingerprint density at radius 2 is 1.93 bits per heavy atom. The third kappa shape index (κ3) is 3.02. The summed E-state index contributed by atoms with van der Waals surface area (Å²) >= 11 is 0. The first-order valence-corrected chi connectivity index (χ1v) is 5.32. The lowest BCUT2D eigenvalue weighted by molar-refractivity contribution is -0.203. The summed E-state index contributed by atoms with van der Waals surface area (Å²) in [5.41, 5.74) is -0.524. The lowest BCUT2D eigenvalue weighted by atomic mass is 9.98. The van der Waals surface area contributed by atoms with Gasteiger partial charge in [0.15, 0.2) is 0 Å². The van der Waals surface area contributed by atoms with Gasteiger partial charge in [-0.3, -0.25) is 4.79 Å². The highest BCUT2D eigenvalue weighted by atomic mass is 16.7. The minimum Gasteiger partial charge on any atom is -0.367 e. The fraction of sp³-hybridized carbons (Fsp3) is 0.818. The van der Waals surface area contributed by atoms with Crippen LogP contribution in [0, 0.1) is 5.41 Å². The van der Waals surface area contributed by atoms with Gasteiger partial charge in [-0.05, 0) is 40.5 Å². The Labute approximate surface area is 90.5 Å². The molecule has 0 aromatic heterocycles. The molecular weight excluding hydrogens is 194 g/mol. The number of carbonyl (C=O) groups is 2. The molecule has 0 saturated carbocycles. The van der Waals surface area contributed by atoms with Crippen molar-refractivity contribution in [3.8, 4) is 0 Å². The number of nitrogens with zero attached hydrogens (tertiary/aromatic N) is 1. The van der Waals surface area contributed by atoms with E-state index in [-0.39, 0.29) is 17.8 Å². The van der Waals surface area contributed by atoms with Crippen LogP contribution in [0.15, 0.2) is 0 Å². The number of rotatable bonds is 2. The van der Waals surface area contributed by atoms with Crippen LogP contribution < -0.4 is 0 Å². The van der Waals surface area contributed by atoms with E-state index in [0.29, 0.717) is 6.54 Å². The lowest BCUT2D eigenvalue weighted by Crippen LogP contribution is -2.39. The quantitative estimate of drug-likeness (QED) is 0.698. The molecule has 0 aromatic rings. The van der Waals surface area contributed by atoms with Crippen molar-refractivity contribution in [2.75, 3.05) is 6.54 Å². The summed E-state index contributed by atoms with van der Waals surface area (Å²) in [6, 6.07) is -0.240. The van der Waals surface area contributed by atoms with Crippen LogP contribution in [0.1, 0.15) is 40.5 Å². The van der Waals surface area contributed by atoms with Crippen molar-refractivity contribution in [1.82, 2.24) is 5.06 Å². The number of hydroxylamine groups is 2. The summed E-state index contributed by atoms with van der Waals surface area (Å²) in [5.74, 6) is -0.218. The molecule has 0 amide bonds. The van der Waals surface area contributed by atoms with Gasteiger partial charge in [-0.25, -0.2) is 4.79 Å². The Balaban J connectivity index is 2.58. The van der Waals surface area contributed by atoms with Crippen molar-refractivity contribution in [3.05, 3.63) is 0 Å². The van der Waals surface area contributed by atoms with Gasteiger partial charge in [0.05, 0.1) is 5.41 Å². The Bertz CT molecular complexity index is 267. The van der Waals surface area contributed by atoms with Gasteiger partial charge in [0, 0.05) is 6.54 Å². The molecule has 4 heteroatoms.